The summed E-state index contributed by atoms with van der Waals surface area (Å²) < 4.78 is 3.12. The Balaban J connectivity index is 0.965. The van der Waals surface area contributed by atoms with Crippen molar-refractivity contribution in [2.45, 2.75) is 11.5 Å². The molecule has 11 rings (SSSR count). The van der Waals surface area contributed by atoms with Gasteiger partial charge in [0.2, 0.25) is 0 Å². The fourth-order valence-corrected chi connectivity index (χ4v) is 16.1. The van der Waals surface area contributed by atoms with E-state index in [0.717, 1.165) is 0 Å². The Labute approximate surface area is 374 Å². The third-order valence-electron chi connectivity index (χ3n) is 13.0. The van der Waals surface area contributed by atoms with Crippen molar-refractivity contribution in [2.24, 2.45) is 0 Å². The molecule has 0 spiro atoms. The Morgan fingerprint density at radius 1 is 0.190 bits per heavy atom. The van der Waals surface area contributed by atoms with E-state index in [0.29, 0.717) is 0 Å². The third-order valence-corrected chi connectivity index (χ3v) is 20.5. The number of fused-ring (bicyclic) bond motifs is 3. The molecule has 0 saturated carbocycles. The number of rotatable bonds is 8. The van der Waals surface area contributed by atoms with Crippen LogP contribution < -0.4 is 8.79 Å². The number of hydrogen-bond donors (Lipinski definition) is 0. The number of hydrogen-bond acceptors (Lipinski definition) is 0. The van der Waals surface area contributed by atoms with Gasteiger partial charge in [-0.2, -0.15) is 0 Å². The van der Waals surface area contributed by atoms with E-state index in [-0.39, 0.29) is 0 Å². The summed E-state index contributed by atoms with van der Waals surface area (Å²) in [7, 11) is 0. The Morgan fingerprint density at radius 3 is 0.714 bits per heavy atom. The topological polar surface area (TPSA) is 0 Å². The van der Waals surface area contributed by atoms with Gasteiger partial charge < -0.3 is 0 Å². The van der Waals surface area contributed by atoms with Crippen molar-refractivity contribution in [3.05, 3.63) is 243 Å². The van der Waals surface area contributed by atoms with Gasteiger partial charge in [0, 0.05) is 0 Å². The van der Waals surface area contributed by atoms with E-state index in [1.54, 1.807) is 8.79 Å². The zero-order chi connectivity index (χ0) is 42.3. The molecule has 298 valence electrons. The molecular formula is C62H46Ge. The zero-order valence-corrected chi connectivity index (χ0v) is 37.7. The fraction of sp³-hybridized carbons (Fsp3) is 0.0323. The van der Waals surface area contributed by atoms with Gasteiger partial charge in [-0.05, 0) is 0 Å². The zero-order valence-electron chi connectivity index (χ0n) is 35.6. The number of benzene rings is 10. The SMILES string of the molecule is [CH3][Ge]1([CH3])[c]2ccc(-c3cccc(-c4cc(-c5ccccc5)cc(-c5ccccc5)c4)c3)cc2-c2cc(-c3cccc(-c4cc(-c5ccccc5)cc(-c5ccccc5)c4)c3)cc[c]21. The Kier molecular flexibility index (Phi) is 9.95. The molecule has 63 heavy (non-hydrogen) atoms. The van der Waals surface area contributed by atoms with E-state index in [9.17, 15) is 0 Å². The van der Waals surface area contributed by atoms with E-state index in [1.807, 2.05) is 0 Å². The summed E-state index contributed by atoms with van der Waals surface area (Å²) in [5.41, 5.74) is 22.4. The van der Waals surface area contributed by atoms with E-state index in [2.05, 4.69) is 254 Å². The molecule has 0 atom stereocenters. The second-order valence-corrected chi connectivity index (χ2v) is 26.4. The van der Waals surface area contributed by atoms with Gasteiger partial charge in [0.15, 0.2) is 0 Å². The molecule has 0 radical (unpaired) electrons. The van der Waals surface area contributed by atoms with Gasteiger partial charge in [-0.1, -0.05) is 72.8 Å². The minimum atomic E-state index is -2.54. The standard InChI is InChI=1S/C62H46Ge/c1-63(2)61-31-29-51(47-25-15-27-49(33-47)57-37-53(43-17-7-3-8-18-43)35-54(38-57)44-19-9-4-10-20-44)41-59(61)60-42-52(30-32-62(60)63)48-26-16-28-50(34-48)58-39-55(45-21-11-5-12-22-45)36-56(40-58)46-23-13-6-14-24-46/h3-42H,1-2H3. The first-order valence-corrected chi connectivity index (χ1v) is 28.3. The predicted molar refractivity (Wildman–Crippen MR) is 272 cm³/mol. The van der Waals surface area contributed by atoms with Gasteiger partial charge >= 0.3 is 304 Å². The molecule has 0 aromatic heterocycles. The van der Waals surface area contributed by atoms with Crippen LogP contribution in [0.5, 0.6) is 0 Å². The van der Waals surface area contributed by atoms with Crippen molar-refractivity contribution < 1.29 is 0 Å². The monoisotopic (exact) mass is 864 g/mol. The molecule has 0 aliphatic carbocycles. The molecule has 1 aliphatic rings. The van der Waals surface area contributed by atoms with E-state index >= 15 is 0 Å². The second-order valence-electron chi connectivity index (χ2n) is 17.4. The molecular weight excluding hydrogens is 817 g/mol. The maximum atomic E-state index is 2.55. The van der Waals surface area contributed by atoms with Crippen LogP contribution in [0.2, 0.25) is 11.5 Å². The summed E-state index contributed by atoms with van der Waals surface area (Å²) in [5.74, 6) is 5.11. The van der Waals surface area contributed by atoms with Crippen molar-refractivity contribution >= 4 is 22.1 Å². The average Bonchev–Trinajstić information content (AvgIpc) is 3.59. The summed E-state index contributed by atoms with van der Waals surface area (Å²) >= 11 is -2.54. The van der Waals surface area contributed by atoms with Gasteiger partial charge in [0.05, 0.1) is 0 Å². The van der Waals surface area contributed by atoms with Crippen LogP contribution in [0.25, 0.3) is 100 Å². The molecule has 0 fully saturated rings. The van der Waals surface area contributed by atoms with Gasteiger partial charge in [-0.3, -0.25) is 0 Å². The summed E-state index contributed by atoms with van der Waals surface area (Å²) in [6.07, 6.45) is 0. The summed E-state index contributed by atoms with van der Waals surface area (Å²) in [5, 5.41) is 0. The summed E-state index contributed by atoms with van der Waals surface area (Å²) in [4.78, 5) is 0. The molecule has 1 heteroatoms. The van der Waals surface area contributed by atoms with Gasteiger partial charge in [0.1, 0.15) is 0 Å². The second kappa shape index (κ2) is 16.2. The minimum absolute atomic E-state index is 1.22. The first-order valence-electron chi connectivity index (χ1n) is 22.0. The van der Waals surface area contributed by atoms with Crippen LogP contribution in [-0.4, -0.2) is 13.3 Å². The molecule has 0 saturated heterocycles. The van der Waals surface area contributed by atoms with E-state index in [1.165, 1.54) is 100 Å². The molecule has 0 N–H and O–H groups in total. The maximum absolute atomic E-state index is 2.55. The Hall–Kier alpha value is -7.26. The molecule has 10 aromatic rings. The molecule has 0 unspecified atom stereocenters. The molecule has 0 amide bonds. The Morgan fingerprint density at radius 2 is 0.413 bits per heavy atom. The molecule has 0 nitrogen and oxygen atoms in total. The predicted octanol–water partition coefficient (Wildman–Crippen LogP) is 15.8. The van der Waals surface area contributed by atoms with Crippen LogP contribution in [-0.2, 0) is 0 Å². The van der Waals surface area contributed by atoms with Crippen molar-refractivity contribution in [2.75, 3.05) is 0 Å². The van der Waals surface area contributed by atoms with Crippen LogP contribution in [0.15, 0.2) is 243 Å². The summed E-state index contributed by atoms with van der Waals surface area (Å²) in [6, 6.07) is 89.7. The third kappa shape index (κ3) is 7.47. The fourth-order valence-electron chi connectivity index (χ4n) is 9.66. The first-order chi connectivity index (χ1) is 30.9. The van der Waals surface area contributed by atoms with Crippen molar-refractivity contribution in [1.82, 2.24) is 0 Å². The van der Waals surface area contributed by atoms with E-state index in [4.69, 9.17) is 0 Å². The van der Waals surface area contributed by atoms with Crippen LogP contribution in [0, 0.1) is 0 Å². The Bertz CT molecular complexity index is 2940. The molecule has 10 aromatic carbocycles. The van der Waals surface area contributed by atoms with Crippen molar-refractivity contribution in [3.63, 3.8) is 0 Å². The van der Waals surface area contributed by atoms with Crippen molar-refractivity contribution in [1.29, 1.82) is 0 Å². The van der Waals surface area contributed by atoms with Crippen LogP contribution >= 0.6 is 0 Å². The molecule has 1 heterocycles. The van der Waals surface area contributed by atoms with Crippen LogP contribution in [0.3, 0.4) is 0 Å². The van der Waals surface area contributed by atoms with Gasteiger partial charge in [-0.25, -0.2) is 0 Å². The van der Waals surface area contributed by atoms with Gasteiger partial charge in [0.25, 0.3) is 0 Å². The summed E-state index contributed by atoms with van der Waals surface area (Å²) in [6.45, 7) is 0. The van der Waals surface area contributed by atoms with Crippen LogP contribution in [0.1, 0.15) is 0 Å². The van der Waals surface area contributed by atoms with Crippen LogP contribution in [0.4, 0.5) is 0 Å². The normalized spacial score (nSPS) is 12.4. The van der Waals surface area contributed by atoms with Crippen molar-refractivity contribution in [3.8, 4) is 100 Å². The molecule has 1 aliphatic heterocycles. The first kappa shape index (κ1) is 38.6. The van der Waals surface area contributed by atoms with E-state index < -0.39 is 13.3 Å². The molecule has 0 bridgehead atoms. The van der Waals surface area contributed by atoms with Gasteiger partial charge in [-0.15, -0.1) is 0 Å². The average molecular weight is 864 g/mol. The quantitative estimate of drug-likeness (QED) is 0.134.